The smallest absolute Gasteiger partial charge is 0.295 e. The molecule has 0 radical (unpaired) electrons. The average Bonchev–Trinajstić information content (AvgIpc) is 3.01. The quantitative estimate of drug-likeness (QED) is 0.408. The molecule has 3 rings (SSSR count). The number of ketones is 1. The number of Topliss-reactive ketones (excluding diaryl/α,β-unsaturated/α-hetero) is 1. The van der Waals surface area contributed by atoms with E-state index in [0.717, 1.165) is 0 Å². The van der Waals surface area contributed by atoms with Crippen LogP contribution in [0.25, 0.3) is 5.76 Å². The number of rotatable bonds is 7. The number of ether oxygens (including phenoxy) is 3. The van der Waals surface area contributed by atoms with Crippen LogP contribution in [0.15, 0.2) is 48.0 Å². The van der Waals surface area contributed by atoms with Crippen molar-refractivity contribution in [2.24, 2.45) is 0 Å². The first-order valence-electron chi connectivity index (χ1n) is 9.22. The standard InChI is InChI=1S/C22H23NO7/c1-28-12-11-23-19(13-7-9-14(24)10-8-13)18(21(26)22(23)27)20(25)17-15(29-2)5-4-6-16(17)30-3/h4-10,19,24-25H,11-12H2,1-3H3/b20-18+. The van der Waals surface area contributed by atoms with Crippen LogP contribution in [-0.2, 0) is 14.3 Å². The van der Waals surface area contributed by atoms with Crippen molar-refractivity contribution in [3.8, 4) is 17.2 Å². The molecule has 0 saturated carbocycles. The summed E-state index contributed by atoms with van der Waals surface area (Å²) in [5, 5.41) is 20.8. The number of nitrogens with zero attached hydrogens (tertiary/aromatic N) is 1. The van der Waals surface area contributed by atoms with Crippen molar-refractivity contribution < 1.29 is 34.0 Å². The molecule has 0 aliphatic carbocycles. The SMILES string of the molecule is COCCN1C(=O)C(=O)/C(=C(/O)c2c(OC)cccc2OC)C1c1ccc(O)cc1. The molecule has 1 aliphatic heterocycles. The first kappa shape index (κ1) is 21.2. The minimum atomic E-state index is -0.865. The lowest BCUT2D eigenvalue weighted by Gasteiger charge is -2.25. The fourth-order valence-electron chi connectivity index (χ4n) is 3.52. The normalized spacial score (nSPS) is 18.0. The van der Waals surface area contributed by atoms with E-state index in [2.05, 4.69) is 0 Å². The van der Waals surface area contributed by atoms with E-state index in [-0.39, 0.29) is 30.0 Å². The van der Waals surface area contributed by atoms with Crippen LogP contribution in [0.4, 0.5) is 0 Å². The lowest BCUT2D eigenvalue weighted by molar-refractivity contribution is -0.140. The molecule has 0 spiro atoms. The van der Waals surface area contributed by atoms with Gasteiger partial charge in [-0.2, -0.15) is 0 Å². The third-order valence-corrected chi connectivity index (χ3v) is 4.95. The zero-order valence-electron chi connectivity index (χ0n) is 16.9. The molecule has 8 nitrogen and oxygen atoms in total. The molecule has 1 atom stereocenters. The van der Waals surface area contributed by atoms with Gasteiger partial charge >= 0.3 is 0 Å². The number of carbonyl (C=O) groups is 2. The van der Waals surface area contributed by atoms with E-state index in [9.17, 15) is 19.8 Å². The van der Waals surface area contributed by atoms with Crippen molar-refractivity contribution in [2.45, 2.75) is 6.04 Å². The van der Waals surface area contributed by atoms with Crippen LogP contribution in [0.1, 0.15) is 17.2 Å². The van der Waals surface area contributed by atoms with Crippen molar-refractivity contribution in [3.05, 3.63) is 59.2 Å². The van der Waals surface area contributed by atoms with Crippen LogP contribution in [0.3, 0.4) is 0 Å². The fraction of sp³-hybridized carbons (Fsp3) is 0.273. The summed E-state index contributed by atoms with van der Waals surface area (Å²) in [4.78, 5) is 27.1. The van der Waals surface area contributed by atoms with Gasteiger partial charge in [-0.1, -0.05) is 18.2 Å². The van der Waals surface area contributed by atoms with Gasteiger partial charge in [0.15, 0.2) is 0 Å². The van der Waals surface area contributed by atoms with Crippen LogP contribution in [0.5, 0.6) is 17.2 Å². The number of amides is 1. The van der Waals surface area contributed by atoms with Crippen LogP contribution in [-0.4, -0.2) is 61.3 Å². The van der Waals surface area contributed by atoms with Crippen molar-refractivity contribution in [2.75, 3.05) is 34.5 Å². The number of aromatic hydroxyl groups is 1. The van der Waals surface area contributed by atoms with Crippen molar-refractivity contribution >= 4 is 17.4 Å². The summed E-state index contributed by atoms with van der Waals surface area (Å²) in [6, 6.07) is 10.2. The zero-order chi connectivity index (χ0) is 21.8. The number of phenols is 1. The second-order valence-electron chi connectivity index (χ2n) is 6.61. The number of methoxy groups -OCH3 is 3. The second kappa shape index (κ2) is 8.87. The maximum atomic E-state index is 13.0. The highest BCUT2D eigenvalue weighted by atomic mass is 16.5. The fourth-order valence-corrected chi connectivity index (χ4v) is 3.52. The van der Waals surface area contributed by atoms with Gasteiger partial charge in [0, 0.05) is 13.7 Å². The first-order chi connectivity index (χ1) is 14.4. The lowest BCUT2D eigenvalue weighted by Crippen LogP contribution is -2.32. The molecule has 30 heavy (non-hydrogen) atoms. The topological polar surface area (TPSA) is 106 Å². The third-order valence-electron chi connectivity index (χ3n) is 4.95. The number of carbonyl (C=O) groups excluding carboxylic acids is 2. The van der Waals surface area contributed by atoms with Gasteiger partial charge in [-0.3, -0.25) is 9.59 Å². The number of benzene rings is 2. The minimum Gasteiger partial charge on any atom is -0.508 e. The van der Waals surface area contributed by atoms with E-state index < -0.39 is 23.5 Å². The number of hydrogen-bond acceptors (Lipinski definition) is 7. The molecule has 2 aromatic carbocycles. The highest BCUT2D eigenvalue weighted by Crippen LogP contribution is 2.43. The Labute approximate surface area is 173 Å². The molecule has 2 aromatic rings. The number of likely N-dealkylation sites (tertiary alicyclic amines) is 1. The van der Waals surface area contributed by atoms with Gasteiger partial charge in [0.2, 0.25) is 0 Å². The van der Waals surface area contributed by atoms with Gasteiger partial charge in [0.05, 0.1) is 32.4 Å². The van der Waals surface area contributed by atoms with Gasteiger partial charge in [-0.05, 0) is 29.8 Å². The summed E-state index contributed by atoms with van der Waals surface area (Å²) < 4.78 is 15.8. The molecule has 1 fully saturated rings. The van der Waals surface area contributed by atoms with Crippen LogP contribution < -0.4 is 9.47 Å². The third kappa shape index (κ3) is 3.69. The summed E-state index contributed by atoms with van der Waals surface area (Å²) in [6.07, 6.45) is 0. The van der Waals surface area contributed by atoms with E-state index in [4.69, 9.17) is 14.2 Å². The molecule has 0 bridgehead atoms. The first-order valence-corrected chi connectivity index (χ1v) is 9.22. The molecule has 1 aliphatic rings. The lowest BCUT2D eigenvalue weighted by atomic mass is 9.94. The highest BCUT2D eigenvalue weighted by Gasteiger charge is 2.46. The van der Waals surface area contributed by atoms with Gasteiger partial charge in [-0.25, -0.2) is 0 Å². The average molecular weight is 413 g/mol. The summed E-state index contributed by atoms with van der Waals surface area (Å²) in [6.45, 7) is 0.353. The molecule has 8 heteroatoms. The molecule has 0 aromatic heterocycles. The molecule has 158 valence electrons. The largest absolute Gasteiger partial charge is 0.508 e. The van der Waals surface area contributed by atoms with Crippen molar-refractivity contribution in [1.29, 1.82) is 0 Å². The Hall–Kier alpha value is -3.52. The summed E-state index contributed by atoms with van der Waals surface area (Å²) in [7, 11) is 4.35. The number of aliphatic hydroxyl groups excluding tert-OH is 1. The van der Waals surface area contributed by atoms with Crippen LogP contribution >= 0.6 is 0 Å². The Morgan fingerprint density at radius 3 is 2.13 bits per heavy atom. The summed E-state index contributed by atoms with van der Waals surface area (Å²) >= 11 is 0. The Balaban J connectivity index is 2.25. The maximum Gasteiger partial charge on any atom is 0.295 e. The summed E-state index contributed by atoms with van der Waals surface area (Å²) in [5.74, 6) is -1.35. The Bertz CT molecular complexity index is 959. The highest BCUT2D eigenvalue weighted by molar-refractivity contribution is 6.46. The zero-order valence-corrected chi connectivity index (χ0v) is 16.9. The van der Waals surface area contributed by atoms with Crippen LogP contribution in [0, 0.1) is 0 Å². The monoisotopic (exact) mass is 413 g/mol. The predicted molar refractivity (Wildman–Crippen MR) is 109 cm³/mol. The Morgan fingerprint density at radius 1 is 1.00 bits per heavy atom. The molecule has 1 amide bonds. The van der Waals surface area contributed by atoms with E-state index in [1.165, 1.54) is 38.4 Å². The van der Waals surface area contributed by atoms with Crippen molar-refractivity contribution in [1.82, 2.24) is 4.90 Å². The molecular formula is C22H23NO7. The number of hydrogen-bond donors (Lipinski definition) is 2. The molecule has 2 N–H and O–H groups in total. The van der Waals surface area contributed by atoms with E-state index in [1.54, 1.807) is 30.3 Å². The molecule has 1 saturated heterocycles. The molecule has 1 heterocycles. The minimum absolute atomic E-state index is 0.0407. The number of phenolic OH excluding ortho intramolecular Hbond substituents is 1. The Morgan fingerprint density at radius 2 is 1.60 bits per heavy atom. The van der Waals surface area contributed by atoms with Gasteiger partial charge in [0.1, 0.15) is 28.6 Å². The van der Waals surface area contributed by atoms with Crippen molar-refractivity contribution in [3.63, 3.8) is 0 Å². The van der Waals surface area contributed by atoms with Crippen LogP contribution in [0.2, 0.25) is 0 Å². The molecular weight excluding hydrogens is 390 g/mol. The van der Waals surface area contributed by atoms with E-state index >= 15 is 0 Å². The number of aliphatic hydroxyl groups is 1. The predicted octanol–water partition coefficient (Wildman–Crippen LogP) is 2.48. The summed E-state index contributed by atoms with van der Waals surface area (Å²) in [5.41, 5.74) is 0.638. The van der Waals surface area contributed by atoms with E-state index in [1.807, 2.05) is 0 Å². The Kier molecular flexibility index (Phi) is 6.27. The maximum absolute atomic E-state index is 13.0. The van der Waals surface area contributed by atoms with E-state index in [0.29, 0.717) is 17.1 Å². The molecule has 1 unspecified atom stereocenters. The second-order valence-corrected chi connectivity index (χ2v) is 6.61. The van der Waals surface area contributed by atoms with Gasteiger partial charge in [-0.15, -0.1) is 0 Å². The van der Waals surface area contributed by atoms with Gasteiger partial charge < -0.3 is 29.3 Å². The van der Waals surface area contributed by atoms with Gasteiger partial charge in [0.25, 0.3) is 11.7 Å².